The van der Waals surface area contributed by atoms with Crippen LogP contribution in [0.3, 0.4) is 0 Å². The lowest BCUT2D eigenvalue weighted by Gasteiger charge is -2.20. The van der Waals surface area contributed by atoms with E-state index >= 15 is 0 Å². The minimum atomic E-state index is -0.0661. The Kier molecular flexibility index (Phi) is 6.09. The maximum absolute atomic E-state index is 12.6. The van der Waals surface area contributed by atoms with E-state index in [1.807, 2.05) is 42.5 Å². The molecular weight excluding hydrogens is 370 g/mol. The number of rotatable bonds is 7. The summed E-state index contributed by atoms with van der Waals surface area (Å²) in [5.74, 6) is 0.483. The molecule has 0 saturated heterocycles. The number of para-hydroxylation sites is 1. The van der Waals surface area contributed by atoms with Crippen molar-refractivity contribution < 1.29 is 9.21 Å². The Morgan fingerprint density at radius 1 is 1.19 bits per heavy atom. The van der Waals surface area contributed by atoms with Crippen molar-refractivity contribution in [2.75, 3.05) is 17.2 Å². The van der Waals surface area contributed by atoms with E-state index in [9.17, 15) is 4.79 Å². The van der Waals surface area contributed by atoms with Gasteiger partial charge >= 0.3 is 0 Å². The van der Waals surface area contributed by atoms with Gasteiger partial charge in [0.1, 0.15) is 0 Å². The fraction of sp³-hybridized carbons (Fsp3) is 0.105. The van der Waals surface area contributed by atoms with E-state index in [-0.39, 0.29) is 11.7 Å². The molecule has 0 N–H and O–H groups in total. The summed E-state index contributed by atoms with van der Waals surface area (Å²) in [6.45, 7) is 4.15. The monoisotopic (exact) mass is 385 g/mol. The molecule has 0 saturated carbocycles. The summed E-state index contributed by atoms with van der Waals surface area (Å²) in [7, 11) is 0. The van der Waals surface area contributed by atoms with Crippen LogP contribution in [-0.4, -0.2) is 28.4 Å². The molecule has 3 aromatic rings. The molecule has 2 aromatic carbocycles. The Bertz CT molecular complexity index is 899. The zero-order chi connectivity index (χ0) is 18.4. The summed E-state index contributed by atoms with van der Waals surface area (Å²) >= 11 is 7.17. The van der Waals surface area contributed by atoms with E-state index < -0.39 is 0 Å². The average Bonchev–Trinajstić information content (AvgIpc) is 3.14. The molecule has 0 bridgehead atoms. The van der Waals surface area contributed by atoms with Crippen LogP contribution in [0.2, 0.25) is 5.02 Å². The number of thioether (sulfide) groups is 1. The summed E-state index contributed by atoms with van der Waals surface area (Å²) in [6, 6.07) is 16.6. The molecule has 3 rings (SSSR count). The molecule has 7 heteroatoms. The van der Waals surface area contributed by atoms with Crippen molar-refractivity contribution in [3.8, 4) is 11.5 Å². The number of carbonyl (C=O) groups excluding carboxylic acids is 1. The highest BCUT2D eigenvalue weighted by molar-refractivity contribution is 7.99. The molecule has 5 nitrogen and oxygen atoms in total. The minimum Gasteiger partial charge on any atom is -0.411 e. The molecule has 1 aromatic heterocycles. The highest BCUT2D eigenvalue weighted by Gasteiger charge is 2.17. The molecule has 0 fully saturated rings. The lowest BCUT2D eigenvalue weighted by atomic mass is 10.2. The quantitative estimate of drug-likeness (QED) is 0.435. The SMILES string of the molecule is C=CCN(C(=O)CSc1nnc(-c2cccc(Cl)c2)o1)c1ccccc1. The third-order valence-corrected chi connectivity index (χ3v) is 4.52. The predicted octanol–water partition coefficient (Wildman–Crippen LogP) is 4.70. The second kappa shape index (κ2) is 8.69. The van der Waals surface area contributed by atoms with Crippen molar-refractivity contribution in [3.63, 3.8) is 0 Å². The van der Waals surface area contributed by atoms with Crippen molar-refractivity contribution in [3.05, 3.63) is 72.3 Å². The predicted molar refractivity (Wildman–Crippen MR) is 104 cm³/mol. The normalized spacial score (nSPS) is 10.5. The lowest BCUT2D eigenvalue weighted by molar-refractivity contribution is -0.116. The van der Waals surface area contributed by atoms with Crippen LogP contribution in [0.25, 0.3) is 11.5 Å². The summed E-state index contributed by atoms with van der Waals surface area (Å²) in [6.07, 6.45) is 1.69. The van der Waals surface area contributed by atoms with E-state index in [0.717, 1.165) is 11.3 Å². The van der Waals surface area contributed by atoms with E-state index in [0.29, 0.717) is 22.7 Å². The molecular formula is C19H16ClN3O2S. The first-order valence-corrected chi connectivity index (χ1v) is 9.22. The number of nitrogens with zero attached hydrogens (tertiary/aromatic N) is 3. The van der Waals surface area contributed by atoms with E-state index in [1.54, 1.807) is 23.1 Å². The highest BCUT2D eigenvalue weighted by Crippen LogP contribution is 2.25. The van der Waals surface area contributed by atoms with Crippen molar-refractivity contribution in [2.45, 2.75) is 5.22 Å². The van der Waals surface area contributed by atoms with Gasteiger partial charge in [-0.2, -0.15) is 0 Å². The Morgan fingerprint density at radius 2 is 2.00 bits per heavy atom. The topological polar surface area (TPSA) is 59.2 Å². The molecule has 26 heavy (non-hydrogen) atoms. The number of benzene rings is 2. The lowest BCUT2D eigenvalue weighted by Crippen LogP contribution is -2.32. The Morgan fingerprint density at radius 3 is 2.73 bits per heavy atom. The smallest absolute Gasteiger partial charge is 0.277 e. The molecule has 1 amide bonds. The highest BCUT2D eigenvalue weighted by atomic mass is 35.5. The van der Waals surface area contributed by atoms with Gasteiger partial charge in [0, 0.05) is 22.8 Å². The van der Waals surface area contributed by atoms with Crippen LogP contribution >= 0.6 is 23.4 Å². The number of aromatic nitrogens is 2. The summed E-state index contributed by atoms with van der Waals surface area (Å²) < 4.78 is 5.61. The second-order valence-corrected chi connectivity index (χ2v) is 6.66. The molecule has 0 spiro atoms. The molecule has 0 atom stereocenters. The van der Waals surface area contributed by atoms with Gasteiger partial charge in [-0.15, -0.1) is 16.8 Å². The number of hydrogen-bond acceptors (Lipinski definition) is 5. The van der Waals surface area contributed by atoms with Gasteiger partial charge in [0.15, 0.2) is 0 Å². The Balaban J connectivity index is 1.66. The molecule has 0 radical (unpaired) electrons. The van der Waals surface area contributed by atoms with Crippen LogP contribution in [0, 0.1) is 0 Å². The molecule has 1 heterocycles. The first kappa shape index (κ1) is 18.2. The average molecular weight is 386 g/mol. The zero-order valence-electron chi connectivity index (χ0n) is 13.8. The maximum Gasteiger partial charge on any atom is 0.277 e. The first-order chi connectivity index (χ1) is 12.7. The third-order valence-electron chi connectivity index (χ3n) is 3.48. The molecule has 0 aliphatic heterocycles. The number of anilines is 1. The Labute approximate surface area is 160 Å². The maximum atomic E-state index is 12.6. The number of amides is 1. The van der Waals surface area contributed by atoms with Gasteiger partial charge in [-0.3, -0.25) is 4.79 Å². The van der Waals surface area contributed by atoms with Crippen LogP contribution in [0.5, 0.6) is 0 Å². The minimum absolute atomic E-state index is 0.0661. The molecule has 0 aliphatic carbocycles. The van der Waals surface area contributed by atoms with Gasteiger partial charge in [0.2, 0.25) is 11.8 Å². The van der Waals surface area contributed by atoms with Crippen LogP contribution in [-0.2, 0) is 4.79 Å². The van der Waals surface area contributed by atoms with Crippen LogP contribution in [0.4, 0.5) is 5.69 Å². The van der Waals surface area contributed by atoms with Crippen molar-refractivity contribution >= 4 is 35.0 Å². The van der Waals surface area contributed by atoms with Crippen molar-refractivity contribution in [1.82, 2.24) is 10.2 Å². The third kappa shape index (κ3) is 4.53. The summed E-state index contributed by atoms with van der Waals surface area (Å²) in [5.41, 5.74) is 1.56. The fourth-order valence-electron chi connectivity index (χ4n) is 2.30. The van der Waals surface area contributed by atoms with Gasteiger partial charge in [-0.1, -0.05) is 53.7 Å². The number of halogens is 1. The van der Waals surface area contributed by atoms with Crippen molar-refractivity contribution in [2.24, 2.45) is 0 Å². The van der Waals surface area contributed by atoms with E-state index in [1.165, 1.54) is 11.8 Å². The van der Waals surface area contributed by atoms with Gasteiger partial charge in [-0.25, -0.2) is 0 Å². The zero-order valence-corrected chi connectivity index (χ0v) is 15.4. The van der Waals surface area contributed by atoms with E-state index in [4.69, 9.17) is 16.0 Å². The molecule has 132 valence electrons. The van der Waals surface area contributed by atoms with Gasteiger partial charge in [0.05, 0.1) is 5.75 Å². The van der Waals surface area contributed by atoms with Gasteiger partial charge < -0.3 is 9.32 Å². The molecule has 0 unspecified atom stereocenters. The molecule has 0 aliphatic rings. The number of hydrogen-bond donors (Lipinski definition) is 0. The largest absolute Gasteiger partial charge is 0.411 e. The van der Waals surface area contributed by atoms with E-state index in [2.05, 4.69) is 16.8 Å². The summed E-state index contributed by atoms with van der Waals surface area (Å²) in [5, 5.41) is 8.92. The van der Waals surface area contributed by atoms with Crippen molar-refractivity contribution in [1.29, 1.82) is 0 Å². The van der Waals surface area contributed by atoms with Gasteiger partial charge in [-0.05, 0) is 30.3 Å². The summed E-state index contributed by atoms with van der Waals surface area (Å²) in [4.78, 5) is 14.2. The number of carbonyl (C=O) groups is 1. The fourth-order valence-corrected chi connectivity index (χ4v) is 3.13. The van der Waals surface area contributed by atoms with Crippen LogP contribution in [0.15, 0.2) is 76.9 Å². The van der Waals surface area contributed by atoms with Gasteiger partial charge in [0.25, 0.3) is 5.22 Å². The van der Waals surface area contributed by atoms with Crippen LogP contribution < -0.4 is 4.90 Å². The first-order valence-electron chi connectivity index (χ1n) is 7.86. The second-order valence-electron chi connectivity index (χ2n) is 5.30. The Hall–Kier alpha value is -2.57. The standard InChI is InChI=1S/C19H16ClN3O2S/c1-2-11-23(16-9-4-3-5-10-16)17(24)13-26-19-22-21-18(25-19)14-7-6-8-15(20)12-14/h2-10,12H,1,11,13H2. The van der Waals surface area contributed by atoms with Crippen LogP contribution in [0.1, 0.15) is 0 Å².